The Morgan fingerprint density at radius 2 is 2.20 bits per heavy atom. The molecule has 0 atom stereocenters. The minimum atomic E-state index is -0.206. The number of hydrogen-bond acceptors (Lipinski definition) is 3. The summed E-state index contributed by atoms with van der Waals surface area (Å²) >= 11 is 0. The molecule has 0 N–H and O–H groups in total. The largest absolute Gasteiger partial charge is 0.279 e. The number of benzene rings is 1. The van der Waals surface area contributed by atoms with Crippen molar-refractivity contribution >= 4 is 23.2 Å². The molecule has 0 saturated carbocycles. The highest BCUT2D eigenvalue weighted by atomic mass is 16.2. The Morgan fingerprint density at radius 1 is 1.45 bits per heavy atom. The first-order valence-electron chi connectivity index (χ1n) is 6.71. The van der Waals surface area contributed by atoms with Gasteiger partial charge in [-0.15, -0.1) is 0 Å². The van der Waals surface area contributed by atoms with Gasteiger partial charge in [-0.05, 0) is 24.8 Å². The second-order valence-corrected chi connectivity index (χ2v) is 5.34. The lowest BCUT2D eigenvalue weighted by atomic mass is 9.96. The van der Waals surface area contributed by atoms with Crippen molar-refractivity contribution < 1.29 is 9.59 Å². The van der Waals surface area contributed by atoms with Gasteiger partial charge >= 0.3 is 0 Å². The van der Waals surface area contributed by atoms with Crippen LogP contribution in [0.2, 0.25) is 0 Å². The predicted octanol–water partition coefficient (Wildman–Crippen LogP) is 2.52. The topological polar surface area (TPSA) is 49.7 Å². The first kappa shape index (κ1) is 14.2. The Bertz CT molecular complexity index is 611. The smallest absolute Gasteiger partial charge is 0.253 e. The molecule has 0 fully saturated rings. The van der Waals surface area contributed by atoms with Crippen LogP contribution in [0.25, 0.3) is 0 Å². The molecule has 0 bridgehead atoms. The van der Waals surface area contributed by atoms with Crippen LogP contribution >= 0.6 is 0 Å². The molecule has 0 unspecified atom stereocenters. The Balaban J connectivity index is 2.63. The normalized spacial score (nSPS) is 14.5. The van der Waals surface area contributed by atoms with Gasteiger partial charge in [0.15, 0.2) is 0 Å². The van der Waals surface area contributed by atoms with Gasteiger partial charge in [0.25, 0.3) is 5.91 Å². The maximum absolute atomic E-state index is 12.2. The molecular weight excluding hydrogens is 252 g/mol. The molecule has 1 amide bonds. The molecule has 20 heavy (non-hydrogen) atoms. The van der Waals surface area contributed by atoms with Gasteiger partial charge in [-0.2, -0.15) is 0 Å². The lowest BCUT2D eigenvalue weighted by Crippen LogP contribution is -2.27. The zero-order valence-corrected chi connectivity index (χ0v) is 12.0. The molecule has 4 nitrogen and oxygen atoms in total. The highest BCUT2D eigenvalue weighted by Crippen LogP contribution is 2.30. The van der Waals surface area contributed by atoms with Crippen molar-refractivity contribution in [3.8, 4) is 0 Å². The Morgan fingerprint density at radius 3 is 2.85 bits per heavy atom. The number of para-hydroxylation sites is 1. The molecule has 0 aromatic heterocycles. The van der Waals surface area contributed by atoms with Gasteiger partial charge in [0, 0.05) is 11.3 Å². The molecule has 4 heteroatoms. The molecular formula is C16H18N2O2. The second kappa shape index (κ2) is 5.85. The summed E-state index contributed by atoms with van der Waals surface area (Å²) in [6.45, 7) is 6.23. The molecule has 1 aromatic carbocycles. The van der Waals surface area contributed by atoms with Crippen LogP contribution < -0.4 is 4.90 Å². The van der Waals surface area contributed by atoms with E-state index in [4.69, 9.17) is 0 Å². The van der Waals surface area contributed by atoms with Crippen LogP contribution in [-0.2, 0) is 9.59 Å². The van der Waals surface area contributed by atoms with Crippen LogP contribution in [0.4, 0.5) is 5.69 Å². The number of nitrogens with zero attached hydrogens (tertiary/aromatic N) is 2. The first-order chi connectivity index (χ1) is 9.54. The van der Waals surface area contributed by atoms with E-state index in [2.05, 4.69) is 18.8 Å². The summed E-state index contributed by atoms with van der Waals surface area (Å²) in [5, 5.41) is 0. The van der Waals surface area contributed by atoms with E-state index in [9.17, 15) is 9.59 Å². The first-order valence-corrected chi connectivity index (χ1v) is 6.71. The number of fused-ring (bicyclic) bond motifs is 1. The van der Waals surface area contributed by atoms with E-state index in [1.54, 1.807) is 5.94 Å². The zero-order valence-electron chi connectivity index (χ0n) is 12.0. The molecule has 0 aliphatic carbocycles. The quantitative estimate of drug-likeness (QED) is 0.792. The van der Waals surface area contributed by atoms with Gasteiger partial charge in [0.2, 0.25) is 0 Å². The summed E-state index contributed by atoms with van der Waals surface area (Å²) in [6, 6.07) is 5.83. The van der Waals surface area contributed by atoms with Crippen LogP contribution in [0.1, 0.15) is 31.4 Å². The van der Waals surface area contributed by atoms with E-state index >= 15 is 0 Å². The number of hydrogen-bond donors (Lipinski definition) is 0. The number of carbonyl (C=O) groups excluding carboxylic acids is 2. The van der Waals surface area contributed by atoms with E-state index in [0.29, 0.717) is 5.92 Å². The van der Waals surface area contributed by atoms with Gasteiger partial charge in [-0.3, -0.25) is 14.7 Å². The van der Waals surface area contributed by atoms with E-state index in [1.165, 1.54) is 4.90 Å². The number of anilines is 1. The molecule has 104 valence electrons. The van der Waals surface area contributed by atoms with Gasteiger partial charge < -0.3 is 0 Å². The van der Waals surface area contributed by atoms with Crippen molar-refractivity contribution in [3.05, 3.63) is 35.5 Å². The summed E-state index contributed by atoms with van der Waals surface area (Å²) in [5.74, 6) is 1.94. The average Bonchev–Trinajstić information content (AvgIpc) is 2.51. The molecule has 0 saturated heterocycles. The average molecular weight is 270 g/mol. The fourth-order valence-electron chi connectivity index (χ4n) is 2.41. The maximum Gasteiger partial charge on any atom is 0.253 e. The van der Waals surface area contributed by atoms with Crippen molar-refractivity contribution in [1.82, 2.24) is 0 Å². The lowest BCUT2D eigenvalue weighted by molar-refractivity contribution is -0.116. The van der Waals surface area contributed by atoms with Crippen molar-refractivity contribution in [1.29, 1.82) is 0 Å². The number of rotatable bonds is 3. The zero-order chi connectivity index (χ0) is 14.7. The number of amides is 1. The highest BCUT2D eigenvalue weighted by Gasteiger charge is 2.24. The summed E-state index contributed by atoms with van der Waals surface area (Å²) < 4.78 is 0. The van der Waals surface area contributed by atoms with Gasteiger partial charge in [-0.25, -0.2) is 4.79 Å². The number of carbonyl (C=O) groups is 1. The number of benzodiazepines with no additional fused rings is 1. The van der Waals surface area contributed by atoms with E-state index in [-0.39, 0.29) is 12.5 Å². The monoisotopic (exact) mass is 270 g/mol. The van der Waals surface area contributed by atoms with Crippen LogP contribution in [0.15, 0.2) is 29.4 Å². The summed E-state index contributed by atoms with van der Waals surface area (Å²) in [7, 11) is 0. The molecule has 0 radical (unpaired) electrons. The Hall–Kier alpha value is -2.19. The van der Waals surface area contributed by atoms with Crippen molar-refractivity contribution in [2.24, 2.45) is 10.9 Å². The molecule has 1 aliphatic rings. The summed E-state index contributed by atoms with van der Waals surface area (Å²) in [4.78, 5) is 28.7. The van der Waals surface area contributed by atoms with Crippen LogP contribution in [0.3, 0.4) is 0 Å². The molecule has 1 heterocycles. The van der Waals surface area contributed by atoms with Crippen LogP contribution in [0, 0.1) is 12.8 Å². The van der Waals surface area contributed by atoms with Gasteiger partial charge in [0.05, 0.1) is 11.9 Å². The van der Waals surface area contributed by atoms with Crippen LogP contribution in [0.5, 0.6) is 0 Å². The third-order valence-electron chi connectivity index (χ3n) is 3.25. The molecule has 2 rings (SSSR count). The lowest BCUT2D eigenvalue weighted by Gasteiger charge is -2.20. The highest BCUT2D eigenvalue weighted by molar-refractivity contribution is 6.13. The van der Waals surface area contributed by atoms with Crippen LogP contribution in [-0.4, -0.2) is 24.1 Å². The van der Waals surface area contributed by atoms with Gasteiger partial charge in [-0.1, -0.05) is 32.0 Å². The maximum atomic E-state index is 12.2. The fourth-order valence-corrected chi connectivity index (χ4v) is 2.41. The standard InChI is InChI=1S/C16H18N2O2/c1-11(2)9-14-13-6-4-5-12(3)16(13)18(7-8-19)15(20)10-17-14/h4-7,11H,9-10H2,1-3H3. The van der Waals surface area contributed by atoms with Crippen molar-refractivity contribution in [2.45, 2.75) is 27.2 Å². The van der Waals surface area contributed by atoms with Gasteiger partial charge in [0.1, 0.15) is 12.5 Å². The second-order valence-electron chi connectivity index (χ2n) is 5.34. The molecule has 1 aromatic rings. The molecule has 1 aliphatic heterocycles. The Labute approximate surface area is 118 Å². The van der Waals surface area contributed by atoms with E-state index in [0.717, 1.165) is 35.1 Å². The fraction of sp³-hybridized carbons (Fsp3) is 0.375. The molecule has 0 spiro atoms. The minimum absolute atomic E-state index is 0.0638. The summed E-state index contributed by atoms with van der Waals surface area (Å²) in [6.07, 6.45) is 1.96. The SMILES string of the molecule is Cc1cccc2c1N(C=C=O)C(=O)CN=C2CC(C)C. The van der Waals surface area contributed by atoms with Crippen molar-refractivity contribution in [3.63, 3.8) is 0 Å². The third kappa shape index (κ3) is 2.70. The van der Waals surface area contributed by atoms with E-state index < -0.39 is 0 Å². The summed E-state index contributed by atoms with van der Waals surface area (Å²) in [5.41, 5.74) is 3.54. The number of aliphatic imine (C=N–C) groups is 1. The predicted molar refractivity (Wildman–Crippen MR) is 79.8 cm³/mol. The van der Waals surface area contributed by atoms with E-state index in [1.807, 2.05) is 25.1 Å². The minimum Gasteiger partial charge on any atom is -0.279 e. The van der Waals surface area contributed by atoms with Crippen molar-refractivity contribution in [2.75, 3.05) is 11.4 Å². The third-order valence-corrected chi connectivity index (χ3v) is 3.25. The number of aryl methyl sites for hydroxylation is 1. The Kier molecular flexibility index (Phi) is 4.16.